The van der Waals surface area contributed by atoms with Crippen molar-refractivity contribution in [2.75, 3.05) is 18.6 Å². The summed E-state index contributed by atoms with van der Waals surface area (Å²) in [6.07, 6.45) is -3.84. The minimum atomic E-state index is -4.49. The Morgan fingerprint density at radius 3 is 2.57 bits per heavy atom. The van der Waals surface area contributed by atoms with Crippen molar-refractivity contribution >= 4 is 5.69 Å². The van der Waals surface area contributed by atoms with Gasteiger partial charge in [-0.3, -0.25) is 9.36 Å². The van der Waals surface area contributed by atoms with E-state index in [1.54, 1.807) is 18.8 Å². The average Bonchev–Trinajstić information content (AvgIpc) is 3.21. The molecule has 2 aromatic heterocycles. The van der Waals surface area contributed by atoms with Crippen LogP contribution in [0.2, 0.25) is 0 Å². The van der Waals surface area contributed by atoms with Crippen molar-refractivity contribution in [2.24, 2.45) is 14.1 Å². The summed E-state index contributed by atoms with van der Waals surface area (Å²) in [5.74, 6) is 0.769. The predicted octanol–water partition coefficient (Wildman–Crippen LogP) is 4.08. The van der Waals surface area contributed by atoms with Gasteiger partial charge in [0.15, 0.2) is 5.69 Å². The molecule has 0 saturated carbocycles. The number of aryl methyl sites for hydroxylation is 3. The second-order valence-electron chi connectivity index (χ2n) is 7.51. The van der Waals surface area contributed by atoms with Gasteiger partial charge in [0.1, 0.15) is 5.75 Å². The van der Waals surface area contributed by atoms with E-state index in [2.05, 4.69) is 21.2 Å². The van der Waals surface area contributed by atoms with Crippen LogP contribution in [0.25, 0.3) is 11.4 Å². The average molecular weight is 418 g/mol. The van der Waals surface area contributed by atoms with Crippen molar-refractivity contribution in [2.45, 2.75) is 32.5 Å². The molecule has 1 aromatic carbocycles. The Kier molecular flexibility index (Phi) is 4.79. The van der Waals surface area contributed by atoms with E-state index >= 15 is 0 Å². The van der Waals surface area contributed by atoms with Crippen molar-refractivity contribution < 1.29 is 17.9 Å². The summed E-state index contributed by atoms with van der Waals surface area (Å²) in [4.78, 5) is 2.21. The Bertz CT molecular complexity index is 1100. The van der Waals surface area contributed by atoms with Crippen LogP contribution in [0.5, 0.6) is 5.75 Å². The molecule has 9 heteroatoms. The van der Waals surface area contributed by atoms with Crippen LogP contribution in [0.3, 0.4) is 0 Å². The Morgan fingerprint density at radius 1 is 1.20 bits per heavy atom. The number of nitrogens with zero attached hydrogens (tertiary/aromatic N) is 5. The Morgan fingerprint density at radius 2 is 1.93 bits per heavy atom. The third kappa shape index (κ3) is 3.12. The number of hydrogen-bond acceptors (Lipinski definition) is 4. The van der Waals surface area contributed by atoms with Crippen LogP contribution in [0.1, 0.15) is 35.5 Å². The first-order chi connectivity index (χ1) is 14.1. The highest BCUT2D eigenvalue weighted by atomic mass is 19.4. The molecule has 3 aromatic rings. The molecule has 1 aliphatic rings. The number of hydrogen-bond donors (Lipinski definition) is 0. The molecule has 0 spiro atoms. The number of rotatable bonds is 3. The van der Waals surface area contributed by atoms with E-state index in [0.717, 1.165) is 34.3 Å². The third-order valence-corrected chi connectivity index (χ3v) is 5.68. The number of aromatic nitrogens is 4. The Hall–Kier alpha value is -2.97. The van der Waals surface area contributed by atoms with E-state index in [9.17, 15) is 13.2 Å². The molecular formula is C21H23F3N5O. The topological polar surface area (TPSA) is 48.1 Å². The monoisotopic (exact) mass is 418 g/mol. The standard InChI is InChI=1S/C21H23F3N5O/c1-12-7-6-8-15(20(12)30-5)29-10-9-14-18(13(29)2)26-28(4)19(14)16-11-17(21(22,23)24)25-27(16)3/h6,8,11,13H,9-10H2,1-5H3/t13-/m0/s1. The summed E-state index contributed by atoms with van der Waals surface area (Å²) in [5, 5.41) is 8.34. The Balaban J connectivity index is 1.78. The number of benzene rings is 1. The predicted molar refractivity (Wildman–Crippen MR) is 106 cm³/mol. The minimum Gasteiger partial charge on any atom is -0.494 e. The lowest BCUT2D eigenvalue weighted by atomic mass is 9.96. The number of methoxy groups -OCH3 is 1. The van der Waals surface area contributed by atoms with E-state index in [-0.39, 0.29) is 6.04 Å². The molecule has 0 saturated heterocycles. The summed E-state index contributed by atoms with van der Waals surface area (Å²) >= 11 is 0. The van der Waals surface area contributed by atoms with Gasteiger partial charge >= 0.3 is 6.18 Å². The zero-order valence-corrected chi connectivity index (χ0v) is 17.5. The zero-order valence-electron chi connectivity index (χ0n) is 17.5. The number of halogens is 3. The Labute approximate surface area is 172 Å². The van der Waals surface area contributed by atoms with Crippen molar-refractivity contribution in [1.82, 2.24) is 19.6 Å². The van der Waals surface area contributed by atoms with E-state index < -0.39 is 11.9 Å². The fourth-order valence-corrected chi connectivity index (χ4v) is 4.28. The van der Waals surface area contributed by atoms with Crippen molar-refractivity contribution in [3.63, 3.8) is 0 Å². The molecule has 0 N–H and O–H groups in total. The van der Waals surface area contributed by atoms with Gasteiger partial charge in [-0.25, -0.2) is 0 Å². The fourth-order valence-electron chi connectivity index (χ4n) is 4.28. The van der Waals surface area contributed by atoms with Crippen LogP contribution in [-0.2, 0) is 26.7 Å². The zero-order chi connectivity index (χ0) is 21.8. The maximum absolute atomic E-state index is 13.1. The van der Waals surface area contributed by atoms with Gasteiger partial charge in [-0.1, -0.05) is 6.07 Å². The van der Waals surface area contributed by atoms with Gasteiger partial charge in [0.25, 0.3) is 0 Å². The first-order valence-electron chi connectivity index (χ1n) is 9.62. The number of alkyl halides is 3. The van der Waals surface area contributed by atoms with Crippen molar-refractivity contribution in [1.29, 1.82) is 0 Å². The molecule has 6 nitrogen and oxygen atoms in total. The lowest BCUT2D eigenvalue weighted by Gasteiger charge is -2.35. The molecule has 3 heterocycles. The van der Waals surface area contributed by atoms with Crippen molar-refractivity contribution in [3.8, 4) is 17.1 Å². The molecule has 0 fully saturated rings. The first kappa shape index (κ1) is 20.3. The third-order valence-electron chi connectivity index (χ3n) is 5.68. The summed E-state index contributed by atoms with van der Waals surface area (Å²) < 4.78 is 48.0. The van der Waals surface area contributed by atoms with Gasteiger partial charge in [0.2, 0.25) is 0 Å². The highest BCUT2D eigenvalue weighted by Gasteiger charge is 2.37. The molecule has 1 atom stereocenters. The molecular weight excluding hydrogens is 395 g/mol. The molecule has 0 unspecified atom stereocenters. The maximum Gasteiger partial charge on any atom is 0.435 e. The molecule has 4 rings (SSSR count). The van der Waals surface area contributed by atoms with Gasteiger partial charge in [0.05, 0.1) is 35.9 Å². The lowest BCUT2D eigenvalue weighted by Crippen LogP contribution is -2.34. The molecule has 1 aliphatic heterocycles. The van der Waals surface area contributed by atoms with Crippen LogP contribution in [0, 0.1) is 13.0 Å². The molecule has 159 valence electrons. The van der Waals surface area contributed by atoms with E-state index in [1.165, 1.54) is 11.7 Å². The van der Waals surface area contributed by atoms with E-state index in [1.807, 2.05) is 26.0 Å². The molecule has 0 bridgehead atoms. The summed E-state index contributed by atoms with van der Waals surface area (Å²) in [7, 11) is 4.92. The molecule has 1 radical (unpaired) electrons. The lowest BCUT2D eigenvalue weighted by molar-refractivity contribution is -0.141. The quantitative estimate of drug-likeness (QED) is 0.643. The smallest absolute Gasteiger partial charge is 0.435 e. The second kappa shape index (κ2) is 7.07. The van der Waals surface area contributed by atoms with Crippen LogP contribution in [-0.4, -0.2) is 33.2 Å². The maximum atomic E-state index is 13.1. The van der Waals surface area contributed by atoms with E-state index in [4.69, 9.17) is 4.74 Å². The largest absolute Gasteiger partial charge is 0.494 e. The van der Waals surface area contributed by atoms with Crippen LogP contribution >= 0.6 is 0 Å². The molecule has 30 heavy (non-hydrogen) atoms. The SMILES string of the molecule is COc1c(C)[c]ccc1N1CCc2c(nn(C)c2-c2cc(C(F)(F)F)nn2C)[C@@H]1C. The fraction of sp³-hybridized carbons (Fsp3) is 0.429. The van der Waals surface area contributed by atoms with Crippen LogP contribution in [0.15, 0.2) is 18.2 Å². The number of fused-ring (bicyclic) bond motifs is 1. The minimum absolute atomic E-state index is 0.0697. The van der Waals surface area contributed by atoms with Gasteiger partial charge < -0.3 is 9.64 Å². The van der Waals surface area contributed by atoms with Gasteiger partial charge in [0, 0.05) is 31.8 Å². The van der Waals surface area contributed by atoms with Gasteiger partial charge in [-0.15, -0.1) is 0 Å². The van der Waals surface area contributed by atoms with Crippen molar-refractivity contribution in [3.05, 3.63) is 46.8 Å². The van der Waals surface area contributed by atoms with Crippen LogP contribution < -0.4 is 9.64 Å². The highest BCUT2D eigenvalue weighted by Crippen LogP contribution is 2.42. The number of anilines is 1. The summed E-state index contributed by atoms with van der Waals surface area (Å²) in [5.41, 5.74) is 3.86. The normalized spacial score (nSPS) is 16.7. The van der Waals surface area contributed by atoms with Gasteiger partial charge in [-0.2, -0.15) is 23.4 Å². The van der Waals surface area contributed by atoms with E-state index in [0.29, 0.717) is 24.4 Å². The molecule has 0 amide bonds. The number of ether oxygens (including phenoxy) is 1. The van der Waals surface area contributed by atoms with Gasteiger partial charge in [-0.05, 0) is 38.5 Å². The van der Waals surface area contributed by atoms with Crippen LogP contribution in [0.4, 0.5) is 18.9 Å². The second-order valence-corrected chi connectivity index (χ2v) is 7.51. The summed E-state index contributed by atoms with van der Waals surface area (Å²) in [6, 6.07) is 8.00. The first-order valence-corrected chi connectivity index (χ1v) is 9.62. The molecule has 0 aliphatic carbocycles. The highest BCUT2D eigenvalue weighted by molar-refractivity contribution is 5.67. The summed E-state index contributed by atoms with van der Waals surface area (Å²) in [6.45, 7) is 4.68.